The number of aromatic hydroxyl groups is 1. The Bertz CT molecular complexity index is 603. The normalized spacial score (nSPS) is 14.0. The van der Waals surface area contributed by atoms with E-state index in [0.717, 1.165) is 16.1 Å². The van der Waals surface area contributed by atoms with Crippen molar-refractivity contribution in [3.05, 3.63) is 63.9 Å². The van der Waals surface area contributed by atoms with Crippen LogP contribution in [-0.4, -0.2) is 5.11 Å². The SMILES string of the molecule is CC(N[C@H](C)c1ccccc1Br)c1ccc(F)cc1O. The van der Waals surface area contributed by atoms with Crippen molar-refractivity contribution in [1.82, 2.24) is 5.32 Å². The molecule has 0 bridgehead atoms. The van der Waals surface area contributed by atoms with Gasteiger partial charge in [0.15, 0.2) is 0 Å². The van der Waals surface area contributed by atoms with E-state index in [2.05, 4.69) is 28.2 Å². The van der Waals surface area contributed by atoms with Crippen molar-refractivity contribution >= 4 is 15.9 Å². The maximum atomic E-state index is 13.0. The molecule has 106 valence electrons. The zero-order chi connectivity index (χ0) is 14.7. The summed E-state index contributed by atoms with van der Waals surface area (Å²) in [7, 11) is 0. The Morgan fingerprint density at radius 2 is 1.70 bits per heavy atom. The summed E-state index contributed by atoms with van der Waals surface area (Å²) >= 11 is 3.53. The van der Waals surface area contributed by atoms with Gasteiger partial charge in [-0.1, -0.05) is 40.2 Å². The Morgan fingerprint density at radius 3 is 2.35 bits per heavy atom. The molecule has 2 N–H and O–H groups in total. The second-order valence-electron chi connectivity index (χ2n) is 4.83. The van der Waals surface area contributed by atoms with Gasteiger partial charge in [-0.15, -0.1) is 0 Å². The molecule has 2 nitrogen and oxygen atoms in total. The fourth-order valence-corrected chi connectivity index (χ4v) is 2.89. The maximum absolute atomic E-state index is 13.0. The van der Waals surface area contributed by atoms with E-state index in [1.165, 1.54) is 6.07 Å². The van der Waals surface area contributed by atoms with Crippen molar-refractivity contribution < 1.29 is 9.50 Å². The van der Waals surface area contributed by atoms with Gasteiger partial charge in [-0.05, 0) is 31.5 Å². The smallest absolute Gasteiger partial charge is 0.126 e. The van der Waals surface area contributed by atoms with E-state index in [1.807, 2.05) is 31.2 Å². The summed E-state index contributed by atoms with van der Waals surface area (Å²) < 4.78 is 14.0. The summed E-state index contributed by atoms with van der Waals surface area (Å²) in [5.74, 6) is -0.457. The van der Waals surface area contributed by atoms with E-state index in [1.54, 1.807) is 6.07 Å². The van der Waals surface area contributed by atoms with Gasteiger partial charge in [0.25, 0.3) is 0 Å². The van der Waals surface area contributed by atoms with Crippen molar-refractivity contribution in [2.45, 2.75) is 25.9 Å². The molecule has 2 aromatic rings. The molecule has 0 aliphatic heterocycles. The third-order valence-corrected chi connectivity index (χ3v) is 4.05. The third-order valence-electron chi connectivity index (χ3n) is 3.33. The van der Waals surface area contributed by atoms with Crippen LogP contribution in [0.5, 0.6) is 5.75 Å². The topological polar surface area (TPSA) is 32.3 Å². The summed E-state index contributed by atoms with van der Waals surface area (Å²) in [6, 6.07) is 12.1. The summed E-state index contributed by atoms with van der Waals surface area (Å²) in [6.07, 6.45) is 0. The van der Waals surface area contributed by atoms with Crippen LogP contribution in [0.25, 0.3) is 0 Å². The second kappa shape index (κ2) is 6.37. The number of benzene rings is 2. The number of phenols is 1. The molecule has 0 aliphatic carbocycles. The van der Waals surface area contributed by atoms with Crippen LogP contribution < -0.4 is 5.32 Å². The summed E-state index contributed by atoms with van der Waals surface area (Å²) in [4.78, 5) is 0. The number of phenolic OH excluding ortho intramolecular Hbond substituents is 1. The zero-order valence-corrected chi connectivity index (χ0v) is 13.0. The molecule has 2 atom stereocenters. The van der Waals surface area contributed by atoms with Crippen molar-refractivity contribution in [2.24, 2.45) is 0 Å². The first-order valence-corrected chi connectivity index (χ1v) is 7.27. The van der Waals surface area contributed by atoms with Crippen molar-refractivity contribution in [1.29, 1.82) is 0 Å². The molecule has 4 heteroatoms. The Labute approximate surface area is 126 Å². The first-order valence-electron chi connectivity index (χ1n) is 6.48. The van der Waals surface area contributed by atoms with Gasteiger partial charge in [0.2, 0.25) is 0 Å². The van der Waals surface area contributed by atoms with E-state index in [-0.39, 0.29) is 17.8 Å². The van der Waals surface area contributed by atoms with E-state index in [9.17, 15) is 9.50 Å². The molecule has 20 heavy (non-hydrogen) atoms. The number of hydrogen-bond acceptors (Lipinski definition) is 2. The predicted molar refractivity (Wildman–Crippen MR) is 82.2 cm³/mol. The molecule has 0 heterocycles. The molecule has 0 spiro atoms. The van der Waals surface area contributed by atoms with Crippen LogP contribution in [0.15, 0.2) is 46.9 Å². The Morgan fingerprint density at radius 1 is 1.05 bits per heavy atom. The van der Waals surface area contributed by atoms with Gasteiger partial charge < -0.3 is 10.4 Å². The van der Waals surface area contributed by atoms with Crippen LogP contribution in [0.3, 0.4) is 0 Å². The number of halogens is 2. The molecule has 0 saturated heterocycles. The summed E-state index contributed by atoms with van der Waals surface area (Å²) in [5.41, 5.74) is 1.83. The third kappa shape index (κ3) is 3.38. The Kier molecular flexibility index (Phi) is 4.78. The average molecular weight is 338 g/mol. The van der Waals surface area contributed by atoms with Gasteiger partial charge >= 0.3 is 0 Å². The lowest BCUT2D eigenvalue weighted by Crippen LogP contribution is -2.22. The number of nitrogens with one attached hydrogen (secondary N) is 1. The quantitative estimate of drug-likeness (QED) is 0.847. The Hall–Kier alpha value is -1.39. The van der Waals surface area contributed by atoms with Gasteiger partial charge in [0.05, 0.1) is 0 Å². The molecule has 1 unspecified atom stereocenters. The van der Waals surface area contributed by atoms with Gasteiger partial charge in [-0.25, -0.2) is 4.39 Å². The lowest BCUT2D eigenvalue weighted by molar-refractivity contribution is 0.434. The van der Waals surface area contributed by atoms with E-state index in [0.29, 0.717) is 5.56 Å². The zero-order valence-electron chi connectivity index (χ0n) is 11.4. The predicted octanol–water partition coefficient (Wildman–Crippen LogP) is 4.71. The minimum absolute atomic E-state index is 0.0238. The van der Waals surface area contributed by atoms with Crippen molar-refractivity contribution in [3.63, 3.8) is 0 Å². The molecule has 2 rings (SSSR count). The number of hydrogen-bond donors (Lipinski definition) is 2. The molecule has 0 amide bonds. The molecular formula is C16H17BrFNO. The van der Waals surface area contributed by atoms with Gasteiger partial charge in [-0.2, -0.15) is 0 Å². The summed E-state index contributed by atoms with van der Waals surface area (Å²) in [5, 5.41) is 13.2. The fourth-order valence-electron chi connectivity index (χ4n) is 2.26. The molecule has 0 aliphatic rings. The highest BCUT2D eigenvalue weighted by atomic mass is 79.9. The van der Waals surface area contributed by atoms with Crippen LogP contribution in [-0.2, 0) is 0 Å². The molecule has 0 saturated carbocycles. The minimum atomic E-state index is -0.433. The highest BCUT2D eigenvalue weighted by molar-refractivity contribution is 9.10. The van der Waals surface area contributed by atoms with Crippen LogP contribution in [0.2, 0.25) is 0 Å². The average Bonchev–Trinajstić information content (AvgIpc) is 2.38. The van der Waals surface area contributed by atoms with E-state index in [4.69, 9.17) is 0 Å². The van der Waals surface area contributed by atoms with Crippen LogP contribution in [0.1, 0.15) is 37.1 Å². The fraction of sp³-hybridized carbons (Fsp3) is 0.250. The number of rotatable bonds is 4. The van der Waals surface area contributed by atoms with Gasteiger partial charge in [0.1, 0.15) is 11.6 Å². The largest absolute Gasteiger partial charge is 0.508 e. The molecule has 2 aromatic carbocycles. The lowest BCUT2D eigenvalue weighted by atomic mass is 10.0. The van der Waals surface area contributed by atoms with Crippen LogP contribution in [0, 0.1) is 5.82 Å². The molecular weight excluding hydrogens is 321 g/mol. The molecule has 0 fully saturated rings. The standard InChI is InChI=1S/C16H17BrFNO/c1-10(13-5-3-4-6-15(13)17)19-11(2)14-8-7-12(18)9-16(14)20/h3-11,19-20H,1-2H3/t10-,11?/m1/s1. The Balaban J connectivity index is 2.15. The summed E-state index contributed by atoms with van der Waals surface area (Å²) in [6.45, 7) is 4.00. The minimum Gasteiger partial charge on any atom is -0.508 e. The first kappa shape index (κ1) is 15.0. The first-order chi connectivity index (χ1) is 9.49. The van der Waals surface area contributed by atoms with Gasteiger partial charge in [-0.3, -0.25) is 0 Å². The van der Waals surface area contributed by atoms with Crippen LogP contribution in [0.4, 0.5) is 4.39 Å². The van der Waals surface area contributed by atoms with Crippen molar-refractivity contribution in [3.8, 4) is 5.75 Å². The molecule has 0 radical (unpaired) electrons. The van der Waals surface area contributed by atoms with Crippen molar-refractivity contribution in [2.75, 3.05) is 0 Å². The highest BCUT2D eigenvalue weighted by Crippen LogP contribution is 2.29. The maximum Gasteiger partial charge on any atom is 0.126 e. The lowest BCUT2D eigenvalue weighted by Gasteiger charge is -2.22. The second-order valence-corrected chi connectivity index (χ2v) is 5.69. The van der Waals surface area contributed by atoms with Crippen LogP contribution >= 0.6 is 15.9 Å². The highest BCUT2D eigenvalue weighted by Gasteiger charge is 2.15. The van der Waals surface area contributed by atoms with E-state index < -0.39 is 5.82 Å². The van der Waals surface area contributed by atoms with E-state index >= 15 is 0 Å². The monoisotopic (exact) mass is 337 g/mol. The van der Waals surface area contributed by atoms with Gasteiger partial charge in [0, 0.05) is 28.2 Å². The molecule has 0 aromatic heterocycles.